The maximum Gasteiger partial charge on any atom is 0.180 e. The molecule has 31 heavy (non-hydrogen) atoms. The monoisotopic (exact) mass is 424 g/mol. The average Bonchev–Trinajstić information content (AvgIpc) is 3.16. The van der Waals surface area contributed by atoms with Crippen LogP contribution in [0.2, 0.25) is 0 Å². The molecule has 0 amide bonds. The third kappa shape index (κ3) is 4.87. The van der Waals surface area contributed by atoms with Gasteiger partial charge in [-0.05, 0) is 37.7 Å². The standard InChI is InChI=1S/C24H32N4O3/c1-15(21(29)12-24(2,3)4)28(5)23-18-7-6-8-19(18)26-22(27-23)20-11-16(9-10-25-20)31-17-13-30-14-17/h9-11,15,17H,6-8,12-14H2,1-5H3/t15-/m1/s1. The fourth-order valence-electron chi connectivity index (χ4n) is 3.97. The molecule has 1 aliphatic heterocycles. The first kappa shape index (κ1) is 21.7. The number of likely N-dealkylation sites (N-methyl/N-ethyl adjacent to an activating group) is 1. The Bertz CT molecular complexity index is 966. The Labute approximate surface area is 184 Å². The van der Waals surface area contributed by atoms with E-state index in [9.17, 15) is 4.79 Å². The Morgan fingerprint density at radius 1 is 1.29 bits per heavy atom. The molecule has 4 rings (SSSR count). The van der Waals surface area contributed by atoms with Crippen LogP contribution in [0.3, 0.4) is 0 Å². The zero-order valence-corrected chi connectivity index (χ0v) is 19.1. The Morgan fingerprint density at radius 3 is 2.74 bits per heavy atom. The summed E-state index contributed by atoms with van der Waals surface area (Å²) < 4.78 is 11.1. The minimum atomic E-state index is -0.257. The molecule has 2 aromatic heterocycles. The van der Waals surface area contributed by atoms with Gasteiger partial charge in [0.25, 0.3) is 0 Å². The van der Waals surface area contributed by atoms with Gasteiger partial charge in [-0.25, -0.2) is 9.97 Å². The van der Waals surface area contributed by atoms with Gasteiger partial charge >= 0.3 is 0 Å². The molecular weight excluding hydrogens is 392 g/mol. The molecule has 7 heteroatoms. The lowest BCUT2D eigenvalue weighted by Crippen LogP contribution is -2.39. The van der Waals surface area contributed by atoms with E-state index in [4.69, 9.17) is 19.4 Å². The van der Waals surface area contributed by atoms with Crippen molar-refractivity contribution in [3.63, 3.8) is 0 Å². The molecule has 2 aromatic rings. The quantitative estimate of drug-likeness (QED) is 0.671. The van der Waals surface area contributed by atoms with E-state index in [1.54, 1.807) is 6.20 Å². The van der Waals surface area contributed by atoms with Crippen molar-refractivity contribution in [3.8, 4) is 17.3 Å². The van der Waals surface area contributed by atoms with E-state index in [-0.39, 0.29) is 23.3 Å². The summed E-state index contributed by atoms with van der Waals surface area (Å²) in [6.45, 7) is 9.47. The lowest BCUT2D eigenvalue weighted by atomic mass is 9.88. The highest BCUT2D eigenvalue weighted by molar-refractivity contribution is 5.87. The van der Waals surface area contributed by atoms with Crippen molar-refractivity contribution in [3.05, 3.63) is 29.6 Å². The number of carbonyl (C=O) groups excluding carboxylic acids is 1. The van der Waals surface area contributed by atoms with E-state index in [2.05, 4.69) is 25.8 Å². The molecule has 1 aliphatic carbocycles. The number of hydrogen-bond donors (Lipinski definition) is 0. The number of ketones is 1. The maximum absolute atomic E-state index is 12.9. The lowest BCUT2D eigenvalue weighted by molar-refractivity contribution is -0.121. The van der Waals surface area contributed by atoms with Crippen molar-refractivity contribution in [2.24, 2.45) is 5.41 Å². The van der Waals surface area contributed by atoms with Gasteiger partial charge in [-0.1, -0.05) is 20.8 Å². The third-order valence-corrected chi connectivity index (χ3v) is 5.87. The molecule has 7 nitrogen and oxygen atoms in total. The van der Waals surface area contributed by atoms with Crippen LogP contribution in [-0.2, 0) is 22.4 Å². The van der Waals surface area contributed by atoms with Crippen LogP contribution in [0.1, 0.15) is 51.8 Å². The molecule has 1 atom stereocenters. The zero-order chi connectivity index (χ0) is 22.2. The molecule has 0 unspecified atom stereocenters. The van der Waals surface area contributed by atoms with E-state index in [0.717, 1.165) is 42.1 Å². The Kier molecular flexibility index (Phi) is 5.97. The van der Waals surface area contributed by atoms with Gasteiger partial charge < -0.3 is 14.4 Å². The smallest absolute Gasteiger partial charge is 0.180 e. The molecule has 2 aliphatic rings. The number of Topliss-reactive ketones (excluding diaryl/α,β-unsaturated/α-hetero) is 1. The molecular formula is C24H32N4O3. The summed E-state index contributed by atoms with van der Waals surface area (Å²) in [5, 5.41) is 0. The van der Waals surface area contributed by atoms with Gasteiger partial charge in [0.05, 0.1) is 19.3 Å². The molecule has 0 N–H and O–H groups in total. The topological polar surface area (TPSA) is 77.4 Å². The van der Waals surface area contributed by atoms with Crippen LogP contribution in [0.4, 0.5) is 5.82 Å². The van der Waals surface area contributed by atoms with E-state index in [1.165, 1.54) is 0 Å². The summed E-state index contributed by atoms with van der Waals surface area (Å²) in [7, 11) is 1.96. The minimum Gasteiger partial charge on any atom is -0.485 e. The second-order valence-electron chi connectivity index (χ2n) is 9.79. The van der Waals surface area contributed by atoms with Gasteiger partial charge in [-0.15, -0.1) is 0 Å². The van der Waals surface area contributed by atoms with Crippen molar-refractivity contribution in [1.29, 1.82) is 0 Å². The zero-order valence-electron chi connectivity index (χ0n) is 19.1. The Balaban J connectivity index is 1.64. The predicted molar refractivity (Wildman–Crippen MR) is 119 cm³/mol. The third-order valence-electron chi connectivity index (χ3n) is 5.87. The number of carbonyl (C=O) groups is 1. The van der Waals surface area contributed by atoms with Crippen LogP contribution in [0.5, 0.6) is 5.75 Å². The van der Waals surface area contributed by atoms with Crippen LogP contribution in [0, 0.1) is 5.41 Å². The summed E-state index contributed by atoms with van der Waals surface area (Å²) in [6.07, 6.45) is 5.26. The highest BCUT2D eigenvalue weighted by Crippen LogP contribution is 2.33. The van der Waals surface area contributed by atoms with Gasteiger partial charge in [0.2, 0.25) is 0 Å². The van der Waals surface area contributed by atoms with Crippen molar-refractivity contribution in [2.45, 2.75) is 65.5 Å². The second-order valence-corrected chi connectivity index (χ2v) is 9.79. The Hall–Kier alpha value is -2.54. The number of rotatable bonds is 7. The average molecular weight is 425 g/mol. The number of aryl methyl sites for hydroxylation is 1. The Morgan fingerprint density at radius 2 is 2.06 bits per heavy atom. The highest BCUT2D eigenvalue weighted by Gasteiger charge is 2.29. The van der Waals surface area contributed by atoms with Crippen LogP contribution >= 0.6 is 0 Å². The summed E-state index contributed by atoms with van der Waals surface area (Å²) in [5.74, 6) is 2.38. The first-order valence-corrected chi connectivity index (χ1v) is 11.1. The first-order valence-electron chi connectivity index (χ1n) is 11.1. The number of hydrogen-bond acceptors (Lipinski definition) is 7. The molecule has 0 saturated carbocycles. The van der Waals surface area contributed by atoms with Crippen molar-refractivity contribution >= 4 is 11.6 Å². The minimum absolute atomic E-state index is 0.0409. The number of fused-ring (bicyclic) bond motifs is 1. The summed E-state index contributed by atoms with van der Waals surface area (Å²) >= 11 is 0. The van der Waals surface area contributed by atoms with E-state index >= 15 is 0 Å². The van der Waals surface area contributed by atoms with Gasteiger partial charge in [0.15, 0.2) is 11.6 Å². The number of pyridine rings is 1. The van der Waals surface area contributed by atoms with Crippen LogP contribution < -0.4 is 9.64 Å². The number of nitrogens with zero attached hydrogens (tertiary/aromatic N) is 4. The van der Waals surface area contributed by atoms with Gasteiger partial charge in [-0.2, -0.15) is 0 Å². The van der Waals surface area contributed by atoms with Crippen LogP contribution in [0.15, 0.2) is 18.3 Å². The fraction of sp³-hybridized carbons (Fsp3) is 0.583. The van der Waals surface area contributed by atoms with Crippen LogP contribution in [0.25, 0.3) is 11.5 Å². The summed E-state index contributed by atoms with van der Waals surface area (Å²) in [6, 6.07) is 3.47. The molecule has 0 spiro atoms. The van der Waals surface area contributed by atoms with Crippen molar-refractivity contribution < 1.29 is 14.3 Å². The number of anilines is 1. The van der Waals surface area contributed by atoms with E-state index in [1.807, 2.05) is 31.0 Å². The second kappa shape index (κ2) is 8.54. The predicted octanol–water partition coefficient (Wildman–Crippen LogP) is 3.63. The highest BCUT2D eigenvalue weighted by atomic mass is 16.6. The molecule has 0 aromatic carbocycles. The molecule has 0 radical (unpaired) electrons. The van der Waals surface area contributed by atoms with E-state index in [0.29, 0.717) is 31.2 Å². The van der Waals surface area contributed by atoms with Gasteiger partial charge in [0.1, 0.15) is 23.4 Å². The van der Waals surface area contributed by atoms with Gasteiger partial charge in [0, 0.05) is 37.0 Å². The number of aromatic nitrogens is 3. The molecule has 1 saturated heterocycles. The first-order chi connectivity index (χ1) is 14.7. The van der Waals surface area contributed by atoms with Crippen LogP contribution in [-0.4, -0.2) is 53.1 Å². The largest absolute Gasteiger partial charge is 0.485 e. The van der Waals surface area contributed by atoms with Crippen molar-refractivity contribution in [2.75, 3.05) is 25.2 Å². The fourth-order valence-corrected chi connectivity index (χ4v) is 3.97. The molecule has 0 bridgehead atoms. The normalized spacial score (nSPS) is 17.1. The summed E-state index contributed by atoms with van der Waals surface area (Å²) in [4.78, 5) is 29.1. The van der Waals surface area contributed by atoms with Gasteiger partial charge in [-0.3, -0.25) is 9.78 Å². The molecule has 166 valence electrons. The SMILES string of the molecule is C[C@H](C(=O)CC(C)(C)C)N(C)c1nc(-c2cc(OC3COC3)ccn2)nc2c1CCC2. The maximum atomic E-state index is 12.9. The molecule has 3 heterocycles. The summed E-state index contributed by atoms with van der Waals surface area (Å²) in [5.41, 5.74) is 2.85. The molecule has 1 fully saturated rings. The number of ether oxygens (including phenoxy) is 2. The lowest BCUT2D eigenvalue weighted by Gasteiger charge is -2.29. The van der Waals surface area contributed by atoms with Crippen molar-refractivity contribution in [1.82, 2.24) is 15.0 Å². The van der Waals surface area contributed by atoms with E-state index < -0.39 is 0 Å².